The van der Waals surface area contributed by atoms with E-state index in [0.717, 1.165) is 67.2 Å². The van der Waals surface area contributed by atoms with Crippen molar-refractivity contribution in [1.82, 2.24) is 20.4 Å². The number of phenols is 1. The smallest absolute Gasteiger partial charge is 0.857 e. The number of rotatable bonds is 7. The molecule has 0 aliphatic heterocycles. The number of nitro groups is 2. The van der Waals surface area contributed by atoms with E-state index in [-0.39, 0.29) is 177 Å². The summed E-state index contributed by atoms with van der Waals surface area (Å²) in [5, 5.41) is 54.6. The number of nitrogen functional groups attached to an aromatic ring is 4. The molecule has 9 N–H and O–H groups in total. The minimum Gasteiger partial charge on any atom is -0.857 e. The maximum absolute atomic E-state index is 12.7. The van der Waals surface area contributed by atoms with E-state index in [2.05, 4.69) is 81.5 Å². The first-order valence-corrected chi connectivity index (χ1v) is 33.8. The van der Waals surface area contributed by atoms with Gasteiger partial charge in [0.15, 0.2) is 50.0 Å². The molecule has 0 saturated heterocycles. The van der Waals surface area contributed by atoms with Gasteiger partial charge in [0, 0.05) is 63.7 Å². The topological polar surface area (TPSA) is 322 Å². The van der Waals surface area contributed by atoms with Crippen molar-refractivity contribution >= 4 is 259 Å². The molecule has 2 heterocycles. The third-order valence-corrected chi connectivity index (χ3v) is 15.7. The standard InChI is InChI=1S/C14H12Cl3N3O.C8H8Cl2N2.C7H5Cl2NO3.2C7H7Cl2NO.C6H2Cl2FNO2.C6H5Cl2NO.CH3O.BBr3.Na/c1-6-2-3-8-11(6)13(17)19-20-14(8)21-12-9(15)4-7(18)5-10(12)16;1-4-2-3-5-6(4)8(10)12-11-7(5)9;1-13-7-5(8)2-4(10(11)12)3-6(7)9;2*1-11-7-5(8)2-4(10)3-6(7)9;7-4-1-3(10(11)12)2-5(8)6(4)9;7-4-1-3(9)2-5(8)6(4)10;1-2;2-1(3)4;/h4-6H,2-3,18H2,1H3;4H,2-3H2,1H3;2-3H,1H3;2*2-3H,10H2,1H3;1-2H;1-2,10H,9H2;1H3;;/q;;;;;;;-1;;+1/i4D,5D;;;2D,3D;;;1D,2D;;;. The summed E-state index contributed by atoms with van der Waals surface area (Å²) in [4.78, 5) is 19.3. The Hall–Kier alpha value is -2.78. The van der Waals surface area contributed by atoms with E-state index < -0.39 is 21.4 Å². The summed E-state index contributed by atoms with van der Waals surface area (Å²) in [6, 6.07) is 6.14. The summed E-state index contributed by atoms with van der Waals surface area (Å²) in [6.45, 7) is 4.19. The predicted octanol–water partition coefficient (Wildman–Crippen LogP) is 19.2. The van der Waals surface area contributed by atoms with Gasteiger partial charge in [-0.3, -0.25) is 20.2 Å². The summed E-state index contributed by atoms with van der Waals surface area (Å²) < 4.78 is 78.2. The fraction of sp³-hybridized carbons (Fsp3) is 0.214. The van der Waals surface area contributed by atoms with Crippen molar-refractivity contribution in [3.05, 3.63) is 197 Å². The average molecular weight is 1850 g/mol. The Kier molecular flexibility index (Phi) is 38.1. The Balaban J connectivity index is 0.000000601. The van der Waals surface area contributed by atoms with Gasteiger partial charge in [0.1, 0.15) is 0 Å². The molecule has 41 heteroatoms. The zero-order chi connectivity index (χ0) is 78.6. The number of nitrogens with two attached hydrogens (primary N) is 4. The number of aromatic nitrogens is 4. The number of phenolic OH excluding ortho intramolecular Hbond substituents is 1. The maximum atomic E-state index is 12.7. The zero-order valence-corrected chi connectivity index (χ0v) is 68.4. The largest absolute Gasteiger partial charge is 1.00 e. The SMILES string of the molecule is BrB(Br)Br.CC1CCc2c(Cl)nnc(Cl)c21.COc1c(Cl)cc(N)cc1Cl.COc1c(Cl)cc([N+](=O)[O-])cc1Cl.C[O-].O=[N+]([O-])c1cc(Cl)c(F)c(Cl)c1.[2H]c1c(N)c([2H])c(Cl)c(O)c1Cl.[2H]c1c(N)c([2H])c(Cl)c(OC)c1Cl.[2H]c1c(N)c([2H])c(Cl)c(Oc2nnc(Cl)c3c2CCC3C)c1Cl.[Na+]. The number of fused-ring (bicyclic) bond motifs is 2. The fourth-order valence-corrected chi connectivity index (χ4v) is 11.8. The van der Waals surface area contributed by atoms with Crippen LogP contribution in [-0.4, -0.2) is 67.0 Å². The summed E-state index contributed by atoms with van der Waals surface area (Å²) in [7, 11) is 5.00. The Morgan fingerprint density at radius 2 is 0.794 bits per heavy atom. The Bertz CT molecular complexity index is 4150. The van der Waals surface area contributed by atoms with Gasteiger partial charge in [-0.25, -0.2) is 4.39 Å². The van der Waals surface area contributed by atoms with Gasteiger partial charge in [-0.2, -0.15) is 7.11 Å². The zero-order valence-electron chi connectivity index (χ0n) is 56.3. The van der Waals surface area contributed by atoms with Crippen molar-refractivity contribution in [2.24, 2.45) is 0 Å². The van der Waals surface area contributed by atoms with Crippen LogP contribution >= 0.6 is 221 Å². The van der Waals surface area contributed by atoms with Crippen molar-refractivity contribution in [3.63, 3.8) is 0 Å². The van der Waals surface area contributed by atoms with Gasteiger partial charge in [0.25, 0.3) is 11.4 Å². The molecule has 520 valence electrons. The van der Waals surface area contributed by atoms with Crippen LogP contribution in [-0.2, 0) is 12.8 Å². The molecule has 2 atom stereocenters. The molecule has 2 aliphatic rings. The van der Waals surface area contributed by atoms with Gasteiger partial charge < -0.3 is 52.1 Å². The van der Waals surface area contributed by atoms with Gasteiger partial charge in [0.05, 0.1) is 99.7 Å². The number of hydrogen-bond donors (Lipinski definition) is 5. The van der Waals surface area contributed by atoms with Crippen LogP contribution in [0.5, 0.6) is 34.6 Å². The van der Waals surface area contributed by atoms with E-state index >= 15 is 0 Å². The Morgan fingerprint density at radius 1 is 0.505 bits per heavy atom. The number of nitrogens with zero attached hydrogens (tertiary/aromatic N) is 6. The second kappa shape index (κ2) is 45.4. The minimum absolute atomic E-state index is 0. The molecule has 10 rings (SSSR count). The minimum atomic E-state index is -0.844. The van der Waals surface area contributed by atoms with Crippen molar-refractivity contribution in [1.29, 1.82) is 0 Å². The second-order valence-electron chi connectivity index (χ2n) is 17.9. The van der Waals surface area contributed by atoms with Crippen molar-refractivity contribution in [2.75, 3.05) is 51.4 Å². The van der Waals surface area contributed by atoms with Crippen LogP contribution in [0.1, 0.15) is 69.0 Å². The molecule has 2 unspecified atom stereocenters. The molecule has 0 amide bonds. The van der Waals surface area contributed by atoms with Crippen LogP contribution < -0.4 is 76.5 Å². The molecule has 0 fully saturated rings. The van der Waals surface area contributed by atoms with Crippen LogP contribution in [0.2, 0.25) is 75.7 Å². The first-order valence-electron chi connectivity index (χ1n) is 28.4. The molecule has 0 bridgehead atoms. The van der Waals surface area contributed by atoms with Crippen molar-refractivity contribution in [3.8, 4) is 34.6 Å². The monoisotopic (exact) mass is 1840 g/mol. The molecule has 8 aromatic rings. The number of nitro benzene ring substituents is 2. The average Bonchev–Trinajstić information content (AvgIpc) is 1.67. The predicted molar refractivity (Wildman–Crippen MR) is 402 cm³/mol. The summed E-state index contributed by atoms with van der Waals surface area (Å²) in [6.07, 6.45) is 3.73. The van der Waals surface area contributed by atoms with Crippen molar-refractivity contribution < 1.29 is 81.2 Å². The Morgan fingerprint density at radius 3 is 1.14 bits per heavy atom. The van der Waals surface area contributed by atoms with Crippen LogP contribution in [0, 0.1) is 26.0 Å². The van der Waals surface area contributed by atoms with Gasteiger partial charge in [-0.1, -0.05) is 188 Å². The molecular formula is C56H49BBr3Cl15FN10NaO10. The van der Waals surface area contributed by atoms with E-state index in [4.69, 9.17) is 234 Å². The number of benzene rings is 6. The normalized spacial score (nSPS) is 13.2. The molecule has 97 heavy (non-hydrogen) atoms. The number of ether oxygens (including phenoxy) is 4. The molecule has 0 saturated carbocycles. The maximum Gasteiger partial charge on any atom is 1.00 e. The third kappa shape index (κ3) is 29.1. The number of anilines is 4. The van der Waals surface area contributed by atoms with Crippen LogP contribution in [0.25, 0.3) is 0 Å². The van der Waals surface area contributed by atoms with E-state index in [1.54, 1.807) is 12.1 Å². The van der Waals surface area contributed by atoms with Gasteiger partial charge in [-0.15, -0.1) is 67.7 Å². The Labute approximate surface area is 686 Å². The van der Waals surface area contributed by atoms with E-state index in [9.17, 15) is 24.6 Å². The van der Waals surface area contributed by atoms with Crippen LogP contribution in [0.3, 0.4) is 0 Å². The summed E-state index contributed by atoms with van der Waals surface area (Å²) >= 11 is 95.2. The van der Waals surface area contributed by atoms with Crippen LogP contribution in [0.4, 0.5) is 38.5 Å². The fourth-order valence-electron chi connectivity index (χ4n) is 7.53. The molecular weight excluding hydrogens is 1800 g/mol. The number of aromatic hydroxyl groups is 1. The third-order valence-electron chi connectivity index (χ3n) is 11.6. The molecule has 0 spiro atoms. The van der Waals surface area contributed by atoms with Crippen LogP contribution in [0.15, 0.2) is 72.7 Å². The number of hydrogen-bond acceptors (Lipinski definition) is 18. The van der Waals surface area contributed by atoms with E-state index in [1.165, 1.54) is 33.5 Å². The van der Waals surface area contributed by atoms with Gasteiger partial charge in [-0.05, 0) is 91.5 Å². The first kappa shape index (κ1) is 81.5. The summed E-state index contributed by atoms with van der Waals surface area (Å²) in [5.74, 6) is 0.458. The first-order chi connectivity index (χ1) is 47.4. The quantitative estimate of drug-likeness (QED) is 0.0247. The molecule has 6 aromatic carbocycles. The molecule has 2 aliphatic carbocycles. The van der Waals surface area contributed by atoms with Crippen molar-refractivity contribution in [2.45, 2.75) is 51.4 Å². The second-order valence-corrected chi connectivity index (χ2v) is 30.1. The van der Waals surface area contributed by atoms with Gasteiger partial charge >= 0.3 is 32.7 Å². The van der Waals surface area contributed by atoms with E-state index in [1.807, 2.05) is 0 Å². The number of halogens is 19. The summed E-state index contributed by atoms with van der Waals surface area (Å²) in [5.41, 5.74) is 25.5. The molecule has 20 nitrogen and oxygen atoms in total. The van der Waals surface area contributed by atoms with E-state index in [0.29, 0.717) is 42.9 Å². The molecule has 0 radical (unpaired) electrons. The van der Waals surface area contributed by atoms with Gasteiger partial charge in [0.2, 0.25) is 5.88 Å². The number of non-ortho nitro benzene ring substituents is 2. The number of methoxy groups -OCH3 is 3. The molecule has 2 aromatic heterocycles.